The van der Waals surface area contributed by atoms with Gasteiger partial charge >= 0.3 is 0 Å². The molecular formula is C19H18N2O. The van der Waals surface area contributed by atoms with Crippen molar-refractivity contribution in [2.75, 3.05) is 0 Å². The van der Waals surface area contributed by atoms with Crippen molar-refractivity contribution in [1.82, 2.24) is 4.57 Å². The Labute approximate surface area is 128 Å². The van der Waals surface area contributed by atoms with Crippen LogP contribution in [0, 0.1) is 11.8 Å². The molecule has 0 radical (unpaired) electrons. The Morgan fingerprint density at radius 2 is 1.55 bits per heavy atom. The molecule has 3 nitrogen and oxygen atoms in total. The van der Waals surface area contributed by atoms with E-state index < -0.39 is 0 Å². The summed E-state index contributed by atoms with van der Waals surface area (Å²) >= 11 is 0. The summed E-state index contributed by atoms with van der Waals surface area (Å²) in [6, 6.07) is 17.4. The molecule has 0 spiro atoms. The predicted molar refractivity (Wildman–Crippen MR) is 88.5 cm³/mol. The average molecular weight is 290 g/mol. The fourth-order valence-corrected chi connectivity index (χ4v) is 4.79. The molecule has 1 heterocycles. The molecule has 1 aromatic heterocycles. The van der Waals surface area contributed by atoms with E-state index in [4.69, 9.17) is 0 Å². The number of hydrogen-bond acceptors (Lipinski definition) is 2. The summed E-state index contributed by atoms with van der Waals surface area (Å²) in [7, 11) is 0. The zero-order valence-electron chi connectivity index (χ0n) is 12.3. The molecule has 1 N–H and O–H groups in total. The van der Waals surface area contributed by atoms with Gasteiger partial charge in [-0.2, -0.15) is 0 Å². The number of nitrogens with zero attached hydrogens (tertiary/aromatic N) is 2. The molecule has 2 aliphatic carbocycles. The first-order valence-corrected chi connectivity index (χ1v) is 8.08. The van der Waals surface area contributed by atoms with Gasteiger partial charge in [-0.3, -0.25) is 0 Å². The number of benzene rings is 2. The number of para-hydroxylation sites is 2. The fourth-order valence-electron chi connectivity index (χ4n) is 4.79. The lowest BCUT2D eigenvalue weighted by Crippen LogP contribution is -2.25. The maximum Gasteiger partial charge on any atom is 0.0832 e. The van der Waals surface area contributed by atoms with E-state index in [1.54, 1.807) is 0 Å². The van der Waals surface area contributed by atoms with E-state index in [1.165, 1.54) is 41.1 Å². The maximum atomic E-state index is 9.58. The molecule has 2 bridgehead atoms. The third kappa shape index (κ3) is 1.43. The van der Waals surface area contributed by atoms with Gasteiger partial charge in [-0.25, -0.2) is 0 Å². The van der Waals surface area contributed by atoms with Gasteiger partial charge in [0.2, 0.25) is 0 Å². The largest absolute Gasteiger partial charge is 0.411 e. The number of aromatic nitrogens is 1. The zero-order chi connectivity index (χ0) is 14.7. The third-order valence-electron chi connectivity index (χ3n) is 5.65. The van der Waals surface area contributed by atoms with Gasteiger partial charge in [-0.05, 0) is 37.3 Å². The van der Waals surface area contributed by atoms with Crippen molar-refractivity contribution in [3.63, 3.8) is 0 Å². The first-order chi connectivity index (χ1) is 10.9. The Balaban J connectivity index is 1.87. The van der Waals surface area contributed by atoms with Gasteiger partial charge < -0.3 is 9.77 Å². The molecule has 5 rings (SSSR count). The molecule has 0 unspecified atom stereocenters. The van der Waals surface area contributed by atoms with Crippen LogP contribution in [-0.4, -0.2) is 15.5 Å². The van der Waals surface area contributed by atoms with Crippen LogP contribution < -0.4 is 0 Å². The lowest BCUT2D eigenvalue weighted by Gasteiger charge is -2.26. The molecule has 3 aromatic rings. The van der Waals surface area contributed by atoms with Crippen LogP contribution in [0.1, 0.15) is 25.3 Å². The van der Waals surface area contributed by atoms with Crippen molar-refractivity contribution >= 4 is 27.5 Å². The molecule has 2 aromatic carbocycles. The van der Waals surface area contributed by atoms with E-state index >= 15 is 0 Å². The summed E-state index contributed by atoms with van der Waals surface area (Å²) in [5, 5.41) is 15.9. The summed E-state index contributed by atoms with van der Waals surface area (Å²) in [6.07, 6.45) is 3.60. The number of oxime groups is 1. The van der Waals surface area contributed by atoms with Gasteiger partial charge in [0, 0.05) is 27.7 Å². The normalized spacial score (nSPS) is 29.1. The highest BCUT2D eigenvalue weighted by Gasteiger charge is 2.47. The van der Waals surface area contributed by atoms with E-state index in [2.05, 4.69) is 58.3 Å². The second kappa shape index (κ2) is 4.35. The first-order valence-electron chi connectivity index (χ1n) is 8.08. The summed E-state index contributed by atoms with van der Waals surface area (Å²) in [6.45, 7) is 0. The minimum atomic E-state index is 0.216. The van der Waals surface area contributed by atoms with Gasteiger partial charge in [-0.1, -0.05) is 41.6 Å². The predicted octanol–water partition coefficient (Wildman–Crippen LogP) is 4.60. The Morgan fingerprint density at radius 1 is 0.909 bits per heavy atom. The summed E-state index contributed by atoms with van der Waals surface area (Å²) in [5.74, 6) is 1.08. The van der Waals surface area contributed by atoms with Crippen molar-refractivity contribution < 1.29 is 5.21 Å². The molecule has 2 fully saturated rings. The molecule has 22 heavy (non-hydrogen) atoms. The minimum Gasteiger partial charge on any atom is -0.411 e. The molecule has 0 aliphatic heterocycles. The van der Waals surface area contributed by atoms with Gasteiger partial charge in [0.15, 0.2) is 0 Å². The maximum absolute atomic E-state index is 9.58. The monoisotopic (exact) mass is 290 g/mol. The Kier molecular flexibility index (Phi) is 2.43. The highest BCUT2D eigenvalue weighted by atomic mass is 16.4. The van der Waals surface area contributed by atoms with E-state index in [-0.39, 0.29) is 6.04 Å². The molecule has 110 valence electrons. The van der Waals surface area contributed by atoms with Crippen LogP contribution in [-0.2, 0) is 0 Å². The second-order valence-electron chi connectivity index (χ2n) is 6.64. The topological polar surface area (TPSA) is 37.5 Å². The standard InChI is InChI=1S/C19H18N2O/c22-20-18-12-9-10-13(11-12)19(18)21-16-7-3-1-5-14(16)15-6-2-4-8-17(15)21/h1-8,12-13,19,22H,9-11H2/b20-18+/t12-,13+,19+/m0/s1. The number of fused-ring (bicyclic) bond motifs is 5. The van der Waals surface area contributed by atoms with Crippen LogP contribution in [0.4, 0.5) is 0 Å². The highest BCUT2D eigenvalue weighted by molar-refractivity contribution is 6.09. The van der Waals surface area contributed by atoms with Gasteiger partial charge in [0.05, 0.1) is 11.8 Å². The molecular weight excluding hydrogens is 272 g/mol. The quantitative estimate of drug-likeness (QED) is 0.516. The van der Waals surface area contributed by atoms with Gasteiger partial charge in [-0.15, -0.1) is 0 Å². The van der Waals surface area contributed by atoms with Crippen molar-refractivity contribution in [1.29, 1.82) is 0 Å². The van der Waals surface area contributed by atoms with Crippen LogP contribution >= 0.6 is 0 Å². The van der Waals surface area contributed by atoms with E-state index in [0.29, 0.717) is 11.8 Å². The Hall–Kier alpha value is -2.29. The molecule has 0 amide bonds. The summed E-state index contributed by atoms with van der Waals surface area (Å²) < 4.78 is 2.42. The lowest BCUT2D eigenvalue weighted by molar-refractivity contribution is 0.308. The van der Waals surface area contributed by atoms with Crippen LogP contribution in [0.3, 0.4) is 0 Å². The van der Waals surface area contributed by atoms with Crippen LogP contribution in [0.2, 0.25) is 0 Å². The van der Waals surface area contributed by atoms with E-state index in [9.17, 15) is 5.21 Å². The lowest BCUT2D eigenvalue weighted by atomic mass is 9.93. The van der Waals surface area contributed by atoms with Crippen LogP contribution in [0.25, 0.3) is 21.8 Å². The summed E-state index contributed by atoms with van der Waals surface area (Å²) in [5.41, 5.74) is 3.49. The highest BCUT2D eigenvalue weighted by Crippen LogP contribution is 2.51. The first kappa shape index (κ1) is 12.3. The van der Waals surface area contributed by atoms with Crippen molar-refractivity contribution in [2.24, 2.45) is 17.0 Å². The smallest absolute Gasteiger partial charge is 0.0832 e. The van der Waals surface area contributed by atoms with Crippen molar-refractivity contribution in [2.45, 2.75) is 25.3 Å². The average Bonchev–Trinajstić information content (AvgIpc) is 3.25. The number of rotatable bonds is 1. The zero-order valence-corrected chi connectivity index (χ0v) is 12.3. The van der Waals surface area contributed by atoms with Crippen LogP contribution in [0.5, 0.6) is 0 Å². The van der Waals surface area contributed by atoms with Gasteiger partial charge in [0.25, 0.3) is 0 Å². The van der Waals surface area contributed by atoms with Crippen molar-refractivity contribution in [3.05, 3.63) is 48.5 Å². The fraction of sp³-hybridized carbons (Fsp3) is 0.316. The Morgan fingerprint density at radius 3 is 2.18 bits per heavy atom. The van der Waals surface area contributed by atoms with Crippen molar-refractivity contribution in [3.8, 4) is 0 Å². The third-order valence-corrected chi connectivity index (χ3v) is 5.65. The number of hydrogen-bond donors (Lipinski definition) is 1. The molecule has 3 heteroatoms. The Bertz CT molecular complexity index is 855. The van der Waals surface area contributed by atoms with Crippen LogP contribution in [0.15, 0.2) is 53.7 Å². The second-order valence-corrected chi connectivity index (χ2v) is 6.64. The molecule has 0 saturated heterocycles. The van der Waals surface area contributed by atoms with Gasteiger partial charge in [0.1, 0.15) is 0 Å². The molecule has 2 saturated carbocycles. The molecule has 3 atom stereocenters. The van der Waals surface area contributed by atoms with E-state index in [0.717, 1.165) is 5.71 Å². The molecule has 2 aliphatic rings. The van der Waals surface area contributed by atoms with E-state index in [1.807, 2.05) is 0 Å². The SMILES string of the molecule is O/N=C1\[C@H]2CC[C@H](C2)[C@H]1n1c2ccccc2c2ccccc21. The minimum absolute atomic E-state index is 0.216. The summed E-state index contributed by atoms with van der Waals surface area (Å²) in [4.78, 5) is 0.